The van der Waals surface area contributed by atoms with Crippen molar-refractivity contribution < 1.29 is 9.59 Å². The first-order chi connectivity index (χ1) is 10.9. The van der Waals surface area contributed by atoms with Gasteiger partial charge < -0.3 is 0 Å². The monoisotopic (exact) mass is 558 g/mol. The summed E-state index contributed by atoms with van der Waals surface area (Å²) in [6.45, 7) is 0. The van der Waals surface area contributed by atoms with Crippen molar-refractivity contribution in [3.05, 3.63) is 56.5 Å². The highest BCUT2D eigenvalue weighted by Gasteiger charge is 2.49. The number of carbonyl (C=O) groups excluding carboxylic acids is 2. The molecule has 23 heavy (non-hydrogen) atoms. The number of halogens is 4. The zero-order valence-corrected chi connectivity index (χ0v) is 17.6. The molecule has 0 atom stereocenters. The molecular weight excluding hydrogens is 556 g/mol. The molecule has 2 nitrogen and oxygen atoms in total. The number of Topliss-reactive ketones (excluding diaryl/α,β-unsaturated/α-hetero) is 2. The normalized spacial score (nSPS) is 16.3. The molecule has 4 rings (SSSR count). The summed E-state index contributed by atoms with van der Waals surface area (Å²) in [6, 6.07) is 11.6. The highest BCUT2D eigenvalue weighted by molar-refractivity contribution is 9.25. The van der Waals surface area contributed by atoms with Gasteiger partial charge in [0.2, 0.25) is 11.6 Å². The minimum Gasteiger partial charge on any atom is -0.287 e. The summed E-state index contributed by atoms with van der Waals surface area (Å²) in [7, 11) is 0. The Labute approximate surface area is 165 Å². The van der Waals surface area contributed by atoms with Crippen molar-refractivity contribution in [1.29, 1.82) is 0 Å². The van der Waals surface area contributed by atoms with Crippen LogP contribution in [0.3, 0.4) is 0 Å². The van der Waals surface area contributed by atoms with Crippen LogP contribution in [0.2, 0.25) is 0 Å². The molecule has 1 aliphatic rings. The molecule has 0 fully saturated rings. The Balaban J connectivity index is 2.32. The fourth-order valence-corrected chi connectivity index (χ4v) is 5.44. The van der Waals surface area contributed by atoms with Gasteiger partial charge in [-0.15, -0.1) is 0 Å². The highest BCUT2D eigenvalue weighted by atomic mass is 79.9. The SMILES string of the molecule is O=C1C(=O)C(Br)(Br)c2c1ccc1c2c(Br)c(Br)c2ccccc21. The predicted molar refractivity (Wildman–Crippen MR) is 106 cm³/mol. The number of hydrogen-bond acceptors (Lipinski definition) is 2. The molecule has 3 aromatic carbocycles. The van der Waals surface area contributed by atoms with Crippen LogP contribution in [0.5, 0.6) is 0 Å². The summed E-state index contributed by atoms with van der Waals surface area (Å²) in [6.07, 6.45) is 0. The van der Waals surface area contributed by atoms with Crippen LogP contribution in [-0.4, -0.2) is 11.6 Å². The van der Waals surface area contributed by atoms with Gasteiger partial charge in [-0.3, -0.25) is 9.59 Å². The van der Waals surface area contributed by atoms with Crippen LogP contribution in [0.15, 0.2) is 45.3 Å². The minimum atomic E-state index is -1.18. The smallest absolute Gasteiger partial charge is 0.235 e. The molecule has 6 heteroatoms. The fourth-order valence-electron chi connectivity index (χ4n) is 3.09. The summed E-state index contributed by atoms with van der Waals surface area (Å²) in [5.41, 5.74) is 1.09. The number of hydrogen-bond donors (Lipinski definition) is 0. The zero-order valence-electron chi connectivity index (χ0n) is 11.3. The van der Waals surface area contributed by atoms with E-state index in [1.165, 1.54) is 0 Å². The van der Waals surface area contributed by atoms with E-state index in [1.54, 1.807) is 6.07 Å². The number of ketones is 2. The summed E-state index contributed by atoms with van der Waals surface area (Å²) in [4.78, 5) is 24.6. The lowest BCUT2D eigenvalue weighted by Crippen LogP contribution is -2.20. The Morgan fingerprint density at radius 2 is 1.43 bits per heavy atom. The molecule has 3 aromatic rings. The van der Waals surface area contributed by atoms with Gasteiger partial charge >= 0.3 is 0 Å². The Kier molecular flexibility index (Phi) is 3.61. The average molecular weight is 562 g/mol. The van der Waals surface area contributed by atoms with E-state index in [4.69, 9.17) is 0 Å². The molecule has 0 N–H and O–H groups in total. The average Bonchev–Trinajstić information content (AvgIpc) is 2.73. The topological polar surface area (TPSA) is 34.1 Å². The Bertz CT molecular complexity index is 1050. The largest absolute Gasteiger partial charge is 0.287 e. The lowest BCUT2D eigenvalue weighted by Gasteiger charge is -2.18. The quantitative estimate of drug-likeness (QED) is 0.185. The van der Waals surface area contributed by atoms with Gasteiger partial charge in [0.15, 0.2) is 3.23 Å². The third kappa shape index (κ3) is 2.01. The summed E-state index contributed by atoms with van der Waals surface area (Å²) in [5.74, 6) is -0.983. The second-order valence-electron chi connectivity index (χ2n) is 5.32. The molecule has 0 aromatic heterocycles. The van der Waals surface area contributed by atoms with E-state index in [0.29, 0.717) is 11.1 Å². The first-order valence-corrected chi connectivity index (χ1v) is 9.82. The number of benzene rings is 3. The van der Waals surface area contributed by atoms with Crippen LogP contribution in [0.1, 0.15) is 15.9 Å². The van der Waals surface area contributed by atoms with Crippen LogP contribution in [-0.2, 0) is 8.03 Å². The summed E-state index contributed by atoms with van der Waals surface area (Å²) in [5, 5.41) is 3.96. The van der Waals surface area contributed by atoms with Crippen LogP contribution >= 0.6 is 63.7 Å². The van der Waals surface area contributed by atoms with Gasteiger partial charge in [-0.05, 0) is 54.1 Å². The van der Waals surface area contributed by atoms with Gasteiger partial charge in [0, 0.05) is 25.5 Å². The van der Waals surface area contributed by atoms with Crippen molar-refractivity contribution in [3.63, 3.8) is 0 Å². The molecule has 0 amide bonds. The maximum Gasteiger partial charge on any atom is 0.235 e. The van der Waals surface area contributed by atoms with Crippen molar-refractivity contribution >= 4 is 96.8 Å². The Morgan fingerprint density at radius 1 is 0.783 bits per heavy atom. The molecule has 0 unspecified atom stereocenters. The second kappa shape index (κ2) is 5.22. The second-order valence-corrected chi connectivity index (χ2v) is 10.3. The van der Waals surface area contributed by atoms with E-state index >= 15 is 0 Å². The van der Waals surface area contributed by atoms with Crippen molar-refractivity contribution in [3.8, 4) is 0 Å². The van der Waals surface area contributed by atoms with Crippen molar-refractivity contribution in [2.24, 2.45) is 0 Å². The van der Waals surface area contributed by atoms with Crippen molar-refractivity contribution in [2.45, 2.75) is 3.23 Å². The molecule has 0 saturated heterocycles. The summed E-state index contributed by atoms with van der Waals surface area (Å²) < 4.78 is 0.543. The first-order valence-electron chi connectivity index (χ1n) is 6.65. The van der Waals surface area contributed by atoms with Crippen molar-refractivity contribution in [1.82, 2.24) is 0 Å². The summed E-state index contributed by atoms with van der Waals surface area (Å²) >= 11 is 14.1. The third-order valence-corrected chi connectivity index (χ3v) is 7.78. The first kappa shape index (κ1) is 15.9. The molecule has 0 spiro atoms. The molecule has 0 radical (unpaired) electrons. The van der Waals surface area contributed by atoms with Crippen LogP contribution in [0.4, 0.5) is 0 Å². The maximum atomic E-state index is 12.3. The van der Waals surface area contributed by atoms with E-state index in [2.05, 4.69) is 63.7 Å². The van der Waals surface area contributed by atoms with Gasteiger partial charge in [0.05, 0.1) is 0 Å². The third-order valence-electron chi connectivity index (χ3n) is 4.12. The van der Waals surface area contributed by atoms with Crippen molar-refractivity contribution in [2.75, 3.05) is 0 Å². The molecule has 0 aliphatic heterocycles. The Hall–Kier alpha value is -0.560. The van der Waals surface area contributed by atoms with Crippen LogP contribution in [0.25, 0.3) is 21.5 Å². The Morgan fingerprint density at radius 3 is 2.13 bits per heavy atom. The van der Waals surface area contributed by atoms with Crippen LogP contribution < -0.4 is 0 Å². The lowest BCUT2D eigenvalue weighted by atomic mass is 9.96. The van der Waals surface area contributed by atoms with Gasteiger partial charge in [-0.2, -0.15) is 0 Å². The number of carbonyl (C=O) groups is 2. The van der Waals surface area contributed by atoms with E-state index in [9.17, 15) is 9.59 Å². The number of fused-ring (bicyclic) bond motifs is 5. The predicted octanol–water partition coefficient (Wildman–Crippen LogP) is 6.23. The number of alkyl halides is 2. The maximum absolute atomic E-state index is 12.3. The highest BCUT2D eigenvalue weighted by Crippen LogP contribution is 2.53. The van der Waals surface area contributed by atoms with Gasteiger partial charge in [0.1, 0.15) is 0 Å². The molecule has 0 heterocycles. The minimum absolute atomic E-state index is 0.430. The van der Waals surface area contributed by atoms with E-state index in [0.717, 1.165) is 30.5 Å². The number of rotatable bonds is 0. The van der Waals surface area contributed by atoms with Gasteiger partial charge in [-0.25, -0.2) is 0 Å². The lowest BCUT2D eigenvalue weighted by molar-refractivity contribution is -0.114. The molecule has 114 valence electrons. The molecule has 0 bridgehead atoms. The standard InChI is InChI=1S/C17H6Br4O2/c18-13-9-4-2-1-3-7(9)8-5-6-10-12(11(8)14(13)19)17(20,21)16(23)15(10)22/h1-6H. The van der Waals surface area contributed by atoms with Gasteiger partial charge in [-0.1, -0.05) is 62.2 Å². The molecular formula is C17H6Br4O2. The molecule has 0 saturated carbocycles. The van der Waals surface area contributed by atoms with E-state index in [-0.39, 0.29) is 0 Å². The van der Waals surface area contributed by atoms with Gasteiger partial charge in [0.25, 0.3) is 0 Å². The molecule has 1 aliphatic carbocycles. The fraction of sp³-hybridized carbons (Fsp3) is 0.0588. The zero-order chi connectivity index (χ0) is 16.5. The van der Waals surface area contributed by atoms with E-state index in [1.807, 2.05) is 30.3 Å². The van der Waals surface area contributed by atoms with E-state index < -0.39 is 14.8 Å². The van der Waals surface area contributed by atoms with Crippen LogP contribution in [0, 0.1) is 0 Å².